The fraction of sp³-hybridized carbons (Fsp3) is 0.100. The van der Waals surface area contributed by atoms with Gasteiger partial charge in [0.1, 0.15) is 5.69 Å². The van der Waals surface area contributed by atoms with Gasteiger partial charge in [-0.3, -0.25) is 9.78 Å². The normalized spacial score (nSPS) is 10.3. The highest BCUT2D eigenvalue weighted by atomic mass is 79.9. The van der Waals surface area contributed by atoms with Crippen LogP contribution in [0.5, 0.6) is 0 Å². The van der Waals surface area contributed by atoms with Crippen LogP contribution in [0.2, 0.25) is 0 Å². The minimum absolute atomic E-state index is 0.174. The van der Waals surface area contributed by atoms with Gasteiger partial charge in [0.15, 0.2) is 0 Å². The van der Waals surface area contributed by atoms with E-state index < -0.39 is 0 Å². The lowest BCUT2D eigenvalue weighted by Gasteiger charge is -2.10. The van der Waals surface area contributed by atoms with Crippen LogP contribution in [0.25, 0.3) is 0 Å². The second kappa shape index (κ2) is 8.44. The van der Waals surface area contributed by atoms with Crippen molar-refractivity contribution in [2.75, 3.05) is 11.9 Å². The lowest BCUT2D eigenvalue weighted by Crippen LogP contribution is -2.26. The summed E-state index contributed by atoms with van der Waals surface area (Å²) in [6, 6.07) is 21.5. The minimum atomic E-state index is -0.174. The summed E-state index contributed by atoms with van der Waals surface area (Å²) in [6.45, 7) is 0.576. The number of pyridine rings is 1. The lowest BCUT2D eigenvalue weighted by molar-refractivity contribution is 0.0949. The van der Waals surface area contributed by atoms with Crippen molar-refractivity contribution >= 4 is 33.2 Å². The van der Waals surface area contributed by atoms with Gasteiger partial charge in [0, 0.05) is 22.9 Å². The van der Waals surface area contributed by atoms with Gasteiger partial charge >= 0.3 is 0 Å². The summed E-state index contributed by atoms with van der Waals surface area (Å²) in [6.07, 6.45) is 2.42. The zero-order chi connectivity index (χ0) is 17.5. The Hall–Kier alpha value is -2.66. The molecule has 0 spiro atoms. The van der Waals surface area contributed by atoms with Gasteiger partial charge in [-0.2, -0.15) is 0 Å². The van der Waals surface area contributed by atoms with Gasteiger partial charge in [-0.15, -0.1) is 0 Å². The molecule has 126 valence electrons. The molecule has 0 atom stereocenters. The lowest BCUT2D eigenvalue weighted by atomic mass is 10.1. The van der Waals surface area contributed by atoms with Crippen molar-refractivity contribution in [1.29, 1.82) is 0 Å². The fourth-order valence-electron chi connectivity index (χ4n) is 2.41. The van der Waals surface area contributed by atoms with Crippen molar-refractivity contribution in [3.63, 3.8) is 0 Å². The molecule has 0 fully saturated rings. The van der Waals surface area contributed by atoms with Gasteiger partial charge in [0.2, 0.25) is 0 Å². The molecule has 0 saturated heterocycles. The van der Waals surface area contributed by atoms with E-state index in [1.54, 1.807) is 12.3 Å². The van der Waals surface area contributed by atoms with E-state index in [0.717, 1.165) is 22.3 Å². The van der Waals surface area contributed by atoms with Crippen molar-refractivity contribution in [3.8, 4) is 0 Å². The number of carbonyl (C=O) groups is 1. The van der Waals surface area contributed by atoms with Crippen LogP contribution in [0.15, 0.2) is 77.4 Å². The topological polar surface area (TPSA) is 54.0 Å². The molecule has 5 heteroatoms. The molecular formula is C20H18BrN3O. The molecule has 3 rings (SSSR count). The quantitative estimate of drug-likeness (QED) is 0.642. The molecule has 0 saturated carbocycles. The largest absolute Gasteiger partial charge is 0.354 e. The summed E-state index contributed by atoms with van der Waals surface area (Å²) in [5.41, 5.74) is 3.34. The van der Waals surface area contributed by atoms with E-state index in [2.05, 4.69) is 31.5 Å². The highest BCUT2D eigenvalue weighted by Gasteiger charge is 2.08. The van der Waals surface area contributed by atoms with Crippen LogP contribution >= 0.6 is 15.9 Å². The number of carbonyl (C=O) groups excluding carboxylic acids is 1. The monoisotopic (exact) mass is 395 g/mol. The maximum atomic E-state index is 12.3. The first kappa shape index (κ1) is 17.2. The van der Waals surface area contributed by atoms with E-state index >= 15 is 0 Å². The summed E-state index contributed by atoms with van der Waals surface area (Å²) in [4.78, 5) is 16.5. The predicted octanol–water partition coefficient (Wildman–Crippen LogP) is 4.56. The third-order valence-electron chi connectivity index (χ3n) is 3.69. The molecule has 0 aliphatic carbocycles. The highest BCUT2D eigenvalue weighted by Crippen LogP contribution is 2.25. The summed E-state index contributed by atoms with van der Waals surface area (Å²) in [5.74, 6) is -0.174. The van der Waals surface area contributed by atoms with Gasteiger partial charge in [0.05, 0.1) is 5.69 Å². The molecule has 0 unspecified atom stereocenters. The van der Waals surface area contributed by atoms with Crippen molar-refractivity contribution in [3.05, 3.63) is 88.7 Å². The molecule has 3 aromatic rings. The first-order chi connectivity index (χ1) is 12.2. The van der Waals surface area contributed by atoms with Crippen molar-refractivity contribution in [2.24, 2.45) is 0 Å². The van der Waals surface area contributed by atoms with Gasteiger partial charge in [-0.1, -0.05) is 42.5 Å². The Kier molecular flexibility index (Phi) is 5.80. The fourth-order valence-corrected chi connectivity index (χ4v) is 2.79. The standard InChI is InChI=1S/C20H18BrN3O/c21-17-8-4-5-9-18(17)24-16-11-13-22-19(14-16)20(25)23-12-10-15-6-2-1-3-7-15/h1-9,11,13-14H,10,12H2,(H,22,24)(H,23,25). The van der Waals surface area contributed by atoms with Crippen LogP contribution in [0.3, 0.4) is 0 Å². The smallest absolute Gasteiger partial charge is 0.269 e. The maximum Gasteiger partial charge on any atom is 0.269 e. The van der Waals surface area contributed by atoms with Gasteiger partial charge in [-0.05, 0) is 52.2 Å². The van der Waals surface area contributed by atoms with E-state index in [-0.39, 0.29) is 5.91 Å². The van der Waals surface area contributed by atoms with Crippen LogP contribution in [0.4, 0.5) is 11.4 Å². The summed E-state index contributed by atoms with van der Waals surface area (Å²) < 4.78 is 0.959. The average Bonchev–Trinajstić information content (AvgIpc) is 2.65. The van der Waals surface area contributed by atoms with Gasteiger partial charge in [0.25, 0.3) is 5.91 Å². The number of nitrogens with one attached hydrogen (secondary N) is 2. The highest BCUT2D eigenvalue weighted by molar-refractivity contribution is 9.10. The summed E-state index contributed by atoms with van der Waals surface area (Å²) in [5, 5.41) is 6.19. The Morgan fingerprint density at radius 2 is 1.76 bits per heavy atom. The molecule has 0 aliphatic heterocycles. The van der Waals surface area contributed by atoms with Crippen molar-refractivity contribution in [2.45, 2.75) is 6.42 Å². The SMILES string of the molecule is O=C(NCCc1ccccc1)c1cc(Nc2ccccc2Br)ccn1. The molecule has 25 heavy (non-hydrogen) atoms. The molecule has 2 aromatic carbocycles. The number of aromatic nitrogens is 1. The molecule has 0 aliphatic rings. The summed E-state index contributed by atoms with van der Waals surface area (Å²) >= 11 is 3.50. The number of anilines is 2. The first-order valence-electron chi connectivity index (χ1n) is 8.02. The molecule has 1 amide bonds. The van der Waals surface area contributed by atoms with Crippen LogP contribution in [-0.2, 0) is 6.42 Å². The van der Waals surface area contributed by atoms with Crippen LogP contribution < -0.4 is 10.6 Å². The van der Waals surface area contributed by atoms with E-state index in [1.165, 1.54) is 5.56 Å². The zero-order valence-electron chi connectivity index (χ0n) is 13.6. The number of benzene rings is 2. The van der Waals surface area contributed by atoms with Crippen LogP contribution in [-0.4, -0.2) is 17.4 Å². The Labute approximate surface area is 155 Å². The number of halogens is 1. The maximum absolute atomic E-state index is 12.3. The molecule has 0 bridgehead atoms. The molecule has 4 nitrogen and oxygen atoms in total. The van der Waals surface area contributed by atoms with E-state index in [4.69, 9.17) is 0 Å². The van der Waals surface area contributed by atoms with E-state index in [0.29, 0.717) is 12.2 Å². The molecular weight excluding hydrogens is 378 g/mol. The molecule has 1 heterocycles. The Bertz CT molecular complexity index is 852. The number of amides is 1. The predicted molar refractivity (Wildman–Crippen MR) is 104 cm³/mol. The summed E-state index contributed by atoms with van der Waals surface area (Å²) in [7, 11) is 0. The first-order valence-corrected chi connectivity index (χ1v) is 8.81. The van der Waals surface area contributed by atoms with Crippen LogP contribution in [0, 0.1) is 0 Å². The third-order valence-corrected chi connectivity index (χ3v) is 4.38. The van der Waals surface area contributed by atoms with E-state index in [9.17, 15) is 4.79 Å². The Balaban J connectivity index is 1.60. The second-order valence-electron chi connectivity index (χ2n) is 5.53. The Morgan fingerprint density at radius 1 is 1.00 bits per heavy atom. The second-order valence-corrected chi connectivity index (χ2v) is 6.38. The molecule has 2 N–H and O–H groups in total. The average molecular weight is 396 g/mol. The Morgan fingerprint density at radius 3 is 2.56 bits per heavy atom. The number of rotatable bonds is 6. The van der Waals surface area contributed by atoms with Gasteiger partial charge < -0.3 is 10.6 Å². The number of nitrogens with zero attached hydrogens (tertiary/aromatic N) is 1. The number of hydrogen-bond donors (Lipinski definition) is 2. The molecule has 1 aromatic heterocycles. The van der Waals surface area contributed by atoms with Crippen molar-refractivity contribution < 1.29 is 4.79 Å². The molecule has 0 radical (unpaired) electrons. The number of hydrogen-bond acceptors (Lipinski definition) is 3. The van der Waals surface area contributed by atoms with E-state index in [1.807, 2.05) is 60.7 Å². The number of para-hydroxylation sites is 1. The third kappa shape index (κ3) is 4.90. The van der Waals surface area contributed by atoms with Crippen LogP contribution in [0.1, 0.15) is 16.1 Å². The van der Waals surface area contributed by atoms with Gasteiger partial charge in [-0.25, -0.2) is 0 Å². The zero-order valence-corrected chi connectivity index (χ0v) is 15.2. The minimum Gasteiger partial charge on any atom is -0.354 e. The van der Waals surface area contributed by atoms with Crippen molar-refractivity contribution in [1.82, 2.24) is 10.3 Å².